The fourth-order valence-corrected chi connectivity index (χ4v) is 5.00. The minimum absolute atomic E-state index is 0. The Balaban J connectivity index is 0.00000144. The molecule has 0 N–H and O–H groups in total. The first-order chi connectivity index (χ1) is 10.7. The van der Waals surface area contributed by atoms with Crippen molar-refractivity contribution in [3.05, 3.63) is 34.9 Å². The molecule has 0 aliphatic heterocycles. The van der Waals surface area contributed by atoms with E-state index in [0.29, 0.717) is 0 Å². The molecule has 128 valence electrons. The first kappa shape index (κ1) is 23.5. The van der Waals surface area contributed by atoms with Crippen LogP contribution in [0.3, 0.4) is 0 Å². The first-order valence-electron chi connectivity index (χ1n) is 9.68. The van der Waals surface area contributed by atoms with Gasteiger partial charge in [-0.1, -0.05) is 58.8 Å². The number of hydrogen-bond donors (Lipinski definition) is 0. The van der Waals surface area contributed by atoms with Gasteiger partial charge in [0, 0.05) is 65.4 Å². The third-order valence-electron chi connectivity index (χ3n) is 6.08. The molecule has 3 rings (SSSR count). The second kappa shape index (κ2) is 12.0. The normalized spacial score (nSPS) is 24.8. The Bertz CT molecular complexity index is 449. The van der Waals surface area contributed by atoms with Crippen molar-refractivity contribution in [2.45, 2.75) is 84.5 Å². The molecule has 0 saturated heterocycles. The number of benzene rings is 1. The minimum atomic E-state index is 0. The zero-order valence-electron chi connectivity index (χ0n) is 15.8. The summed E-state index contributed by atoms with van der Waals surface area (Å²) in [6, 6.07) is 8.10. The average Bonchev–Trinajstić information content (AvgIpc) is 2.49. The van der Waals surface area contributed by atoms with Crippen LogP contribution in [0, 0.1) is 37.7 Å². The van der Waals surface area contributed by atoms with Gasteiger partial charge in [0.25, 0.3) is 0 Å². The van der Waals surface area contributed by atoms with Crippen LogP contribution in [0.25, 0.3) is 0 Å². The molecule has 0 aromatic heterocycles. The summed E-state index contributed by atoms with van der Waals surface area (Å²) < 4.78 is 0. The SMILES string of the molecule is Cc1[c-]c(C)cc(CC2CCC(CC3CCCCC3)CC2)c1.[Y].[Y]. The molecule has 0 nitrogen and oxygen atoms in total. The van der Waals surface area contributed by atoms with E-state index in [-0.39, 0.29) is 65.4 Å². The Morgan fingerprint density at radius 3 is 1.83 bits per heavy atom. The third kappa shape index (κ3) is 7.58. The van der Waals surface area contributed by atoms with Gasteiger partial charge in [-0.3, -0.25) is 0 Å². The molecule has 0 unspecified atom stereocenters. The summed E-state index contributed by atoms with van der Waals surface area (Å²) in [5.41, 5.74) is 4.16. The van der Waals surface area contributed by atoms with Crippen molar-refractivity contribution in [2.75, 3.05) is 0 Å². The predicted octanol–water partition coefficient (Wildman–Crippen LogP) is 6.42. The number of rotatable bonds is 4. The molecule has 1 aromatic carbocycles. The van der Waals surface area contributed by atoms with E-state index in [0.717, 1.165) is 17.8 Å². The van der Waals surface area contributed by atoms with Crippen molar-refractivity contribution in [1.29, 1.82) is 0 Å². The Morgan fingerprint density at radius 2 is 1.25 bits per heavy atom. The van der Waals surface area contributed by atoms with E-state index in [2.05, 4.69) is 32.0 Å². The second-order valence-corrected chi connectivity index (χ2v) is 8.19. The monoisotopic (exact) mass is 475 g/mol. The average molecular weight is 475 g/mol. The Kier molecular flexibility index (Phi) is 11.7. The standard InChI is InChI=1S/C22H33.2Y/c1-17-12-18(2)14-22(13-17)16-21-10-8-20(9-11-21)15-19-6-4-3-5-7-19;;/h13-14,19-21H,3-11,15-16H2,1-2H3;;/q-1;;. The fourth-order valence-electron chi connectivity index (χ4n) is 5.00. The van der Waals surface area contributed by atoms with Gasteiger partial charge in [-0.05, 0) is 43.4 Å². The van der Waals surface area contributed by atoms with E-state index in [1.54, 1.807) is 12.0 Å². The van der Waals surface area contributed by atoms with Crippen LogP contribution in [0.1, 0.15) is 80.9 Å². The minimum Gasteiger partial charge on any atom is -0.177 e. The fraction of sp³-hybridized carbons (Fsp3) is 0.727. The van der Waals surface area contributed by atoms with Crippen LogP contribution in [0.2, 0.25) is 0 Å². The van der Waals surface area contributed by atoms with Crippen molar-refractivity contribution in [3.8, 4) is 0 Å². The van der Waals surface area contributed by atoms with Crippen LogP contribution >= 0.6 is 0 Å². The second-order valence-electron chi connectivity index (χ2n) is 8.19. The van der Waals surface area contributed by atoms with Gasteiger partial charge in [-0.25, -0.2) is 0 Å². The molecule has 2 radical (unpaired) electrons. The van der Waals surface area contributed by atoms with E-state index in [1.807, 2.05) is 0 Å². The van der Waals surface area contributed by atoms with Crippen molar-refractivity contribution in [3.63, 3.8) is 0 Å². The van der Waals surface area contributed by atoms with Crippen molar-refractivity contribution in [1.82, 2.24) is 0 Å². The summed E-state index contributed by atoms with van der Waals surface area (Å²) in [6.45, 7) is 4.36. The summed E-state index contributed by atoms with van der Waals surface area (Å²) >= 11 is 0. The van der Waals surface area contributed by atoms with Gasteiger partial charge >= 0.3 is 0 Å². The van der Waals surface area contributed by atoms with Crippen molar-refractivity contribution >= 4 is 0 Å². The summed E-state index contributed by atoms with van der Waals surface area (Å²) in [7, 11) is 0. The maximum atomic E-state index is 3.40. The summed E-state index contributed by atoms with van der Waals surface area (Å²) in [4.78, 5) is 0. The molecular formula is C22H33Y2-. The Hall–Kier alpha value is 1.43. The van der Waals surface area contributed by atoms with E-state index in [4.69, 9.17) is 0 Å². The molecule has 0 heterocycles. The smallest absolute Gasteiger partial charge is 0 e. The molecule has 2 saturated carbocycles. The molecule has 24 heavy (non-hydrogen) atoms. The van der Waals surface area contributed by atoms with Gasteiger partial charge in [0.2, 0.25) is 0 Å². The van der Waals surface area contributed by atoms with E-state index >= 15 is 0 Å². The van der Waals surface area contributed by atoms with Crippen LogP contribution in [0.15, 0.2) is 12.1 Å². The maximum Gasteiger partial charge on any atom is 0 e. The van der Waals surface area contributed by atoms with Gasteiger partial charge in [0.15, 0.2) is 0 Å². The Morgan fingerprint density at radius 1 is 0.750 bits per heavy atom. The predicted molar refractivity (Wildman–Crippen MR) is 95.1 cm³/mol. The third-order valence-corrected chi connectivity index (χ3v) is 6.08. The molecule has 1 aromatic rings. The number of aryl methyl sites for hydroxylation is 2. The summed E-state index contributed by atoms with van der Waals surface area (Å²) in [5, 5.41) is 0. The molecule has 0 amide bonds. The van der Waals surface area contributed by atoms with E-state index in [1.165, 1.54) is 75.3 Å². The summed E-state index contributed by atoms with van der Waals surface area (Å²) in [6.07, 6.45) is 16.3. The number of hydrogen-bond acceptors (Lipinski definition) is 0. The van der Waals surface area contributed by atoms with Gasteiger partial charge in [0.1, 0.15) is 0 Å². The van der Waals surface area contributed by atoms with Crippen LogP contribution in [0.4, 0.5) is 0 Å². The molecule has 2 fully saturated rings. The van der Waals surface area contributed by atoms with Crippen LogP contribution in [-0.4, -0.2) is 0 Å². The summed E-state index contributed by atoms with van der Waals surface area (Å²) in [5.74, 6) is 3.06. The van der Waals surface area contributed by atoms with Gasteiger partial charge in [-0.2, -0.15) is 34.9 Å². The maximum absolute atomic E-state index is 3.40. The van der Waals surface area contributed by atoms with Crippen molar-refractivity contribution < 1.29 is 65.4 Å². The quantitative estimate of drug-likeness (QED) is 0.441. The first-order valence-corrected chi connectivity index (χ1v) is 9.68. The molecule has 0 bridgehead atoms. The molecular weight excluding hydrogens is 442 g/mol. The topological polar surface area (TPSA) is 0 Å². The molecule has 0 atom stereocenters. The van der Waals surface area contributed by atoms with E-state index < -0.39 is 0 Å². The zero-order chi connectivity index (χ0) is 15.4. The van der Waals surface area contributed by atoms with Gasteiger partial charge < -0.3 is 0 Å². The van der Waals surface area contributed by atoms with Crippen LogP contribution in [0.5, 0.6) is 0 Å². The molecule has 2 aliphatic rings. The van der Waals surface area contributed by atoms with Gasteiger partial charge in [0.05, 0.1) is 0 Å². The molecule has 2 aliphatic carbocycles. The molecule has 2 heteroatoms. The van der Waals surface area contributed by atoms with E-state index in [9.17, 15) is 0 Å². The zero-order valence-corrected chi connectivity index (χ0v) is 21.5. The Labute approximate surface area is 200 Å². The van der Waals surface area contributed by atoms with Crippen LogP contribution < -0.4 is 0 Å². The van der Waals surface area contributed by atoms with Crippen LogP contribution in [-0.2, 0) is 71.8 Å². The largest absolute Gasteiger partial charge is 0.177 e. The van der Waals surface area contributed by atoms with Gasteiger partial charge in [-0.15, -0.1) is 0 Å². The van der Waals surface area contributed by atoms with Crippen molar-refractivity contribution in [2.24, 2.45) is 17.8 Å². The molecule has 0 spiro atoms.